The van der Waals surface area contributed by atoms with Gasteiger partial charge in [0.05, 0.1) is 47.1 Å². The fourth-order valence-corrected chi connectivity index (χ4v) is 4.36. The predicted molar refractivity (Wildman–Crippen MR) is 131 cm³/mol. The van der Waals surface area contributed by atoms with Gasteiger partial charge in [-0.25, -0.2) is 4.79 Å². The zero-order valence-corrected chi connectivity index (χ0v) is 21.7. The molecule has 0 radical (unpaired) electrons. The van der Waals surface area contributed by atoms with E-state index in [2.05, 4.69) is 0 Å². The molecule has 2 atom stereocenters. The molecule has 0 saturated heterocycles. The van der Waals surface area contributed by atoms with Gasteiger partial charge in [0.1, 0.15) is 0 Å². The highest BCUT2D eigenvalue weighted by atomic mass is 19.4. The zero-order valence-electron chi connectivity index (χ0n) is 21.7. The average Bonchev–Trinajstić information content (AvgIpc) is 2.90. The van der Waals surface area contributed by atoms with E-state index >= 15 is 0 Å². The first kappa shape index (κ1) is 30.9. The summed E-state index contributed by atoms with van der Waals surface area (Å²) in [7, 11) is 0. The zero-order chi connectivity index (χ0) is 29.7. The Bertz CT molecular complexity index is 1200. The number of allylic oxidation sites excluding steroid dienone is 1. The van der Waals surface area contributed by atoms with Crippen LogP contribution in [0.4, 0.5) is 31.1 Å². The SMILES string of the molecule is CCCCOC(=O)N1C=C([N+](=O)[O-])CC[C@@]1(CO[C@H](C)c1cc(C(F)(F)F)cc(C(F)(F)F)c1)c1ccccc1. The molecule has 13 heteroatoms. The van der Waals surface area contributed by atoms with E-state index in [0.717, 1.165) is 11.1 Å². The molecule has 0 spiro atoms. The Labute approximate surface area is 226 Å². The molecule has 1 amide bonds. The molecule has 0 saturated carbocycles. The second-order valence-corrected chi connectivity index (χ2v) is 9.41. The number of halogens is 6. The smallest absolute Gasteiger partial charge is 0.416 e. The number of benzene rings is 2. The summed E-state index contributed by atoms with van der Waals surface area (Å²) < 4.78 is 91.6. The molecule has 1 heterocycles. The molecule has 0 aromatic heterocycles. The number of hydrogen-bond donors (Lipinski definition) is 0. The standard InChI is InChI=1S/C27H28F6N2O5/c1-3-4-12-39-24(36)34-16-23(35(37)38)10-11-25(34,20-8-6-5-7-9-20)17-40-18(2)19-13-21(26(28,29)30)15-22(14-19)27(31,32)33/h5-9,13-16,18H,3-4,10-12,17H2,1-2H3/t18-,25-/m1/s1. The van der Waals surface area contributed by atoms with E-state index in [1.165, 1.54) is 6.92 Å². The lowest BCUT2D eigenvalue weighted by Crippen LogP contribution is -2.52. The highest BCUT2D eigenvalue weighted by Gasteiger charge is 2.47. The quantitative estimate of drug-likeness (QED) is 0.132. The number of ether oxygens (including phenoxy) is 2. The highest BCUT2D eigenvalue weighted by molar-refractivity contribution is 5.71. The van der Waals surface area contributed by atoms with Gasteiger partial charge in [-0.15, -0.1) is 0 Å². The van der Waals surface area contributed by atoms with Crippen molar-refractivity contribution in [2.24, 2.45) is 0 Å². The van der Waals surface area contributed by atoms with E-state index < -0.39 is 52.7 Å². The summed E-state index contributed by atoms with van der Waals surface area (Å²) in [6, 6.07) is 9.52. The van der Waals surface area contributed by atoms with Crippen molar-refractivity contribution in [3.8, 4) is 0 Å². The number of hydrogen-bond acceptors (Lipinski definition) is 5. The van der Waals surface area contributed by atoms with E-state index in [0.29, 0.717) is 30.5 Å². The van der Waals surface area contributed by atoms with Crippen LogP contribution in [0.25, 0.3) is 0 Å². The van der Waals surface area contributed by atoms with Gasteiger partial charge in [-0.2, -0.15) is 26.3 Å². The maximum Gasteiger partial charge on any atom is 0.416 e. The molecule has 0 aliphatic carbocycles. The van der Waals surface area contributed by atoms with Gasteiger partial charge in [-0.05, 0) is 49.1 Å². The lowest BCUT2D eigenvalue weighted by atomic mass is 9.82. The normalized spacial score (nSPS) is 18.7. The molecule has 3 rings (SSSR count). The molecule has 0 fully saturated rings. The van der Waals surface area contributed by atoms with Gasteiger partial charge in [-0.1, -0.05) is 43.7 Å². The van der Waals surface area contributed by atoms with Gasteiger partial charge in [0.15, 0.2) is 0 Å². The summed E-state index contributed by atoms with van der Waals surface area (Å²) in [6.45, 7) is 2.81. The molecule has 2 aromatic rings. The minimum atomic E-state index is -5.03. The molecule has 1 aliphatic rings. The van der Waals surface area contributed by atoms with Crippen LogP contribution in [0.3, 0.4) is 0 Å². The Balaban J connectivity index is 2.03. The third kappa shape index (κ3) is 7.12. The number of nitro groups is 1. The van der Waals surface area contributed by atoms with Crippen molar-refractivity contribution in [1.29, 1.82) is 0 Å². The van der Waals surface area contributed by atoms with E-state index in [1.54, 1.807) is 30.3 Å². The maximum absolute atomic E-state index is 13.4. The average molecular weight is 575 g/mol. The summed E-state index contributed by atoms with van der Waals surface area (Å²) in [5.41, 5.74) is -4.51. The third-order valence-electron chi connectivity index (χ3n) is 6.65. The van der Waals surface area contributed by atoms with E-state index in [9.17, 15) is 41.3 Å². The number of carbonyl (C=O) groups excluding carboxylic acids is 1. The molecular weight excluding hydrogens is 546 g/mol. The lowest BCUT2D eigenvalue weighted by Gasteiger charge is -2.44. The van der Waals surface area contributed by atoms with E-state index in [1.807, 2.05) is 6.92 Å². The molecule has 1 aliphatic heterocycles. The first-order chi connectivity index (χ1) is 18.7. The van der Waals surface area contributed by atoms with Crippen molar-refractivity contribution < 1.29 is 45.5 Å². The summed E-state index contributed by atoms with van der Waals surface area (Å²) in [6.07, 6.45) is -10.0. The Hall–Kier alpha value is -3.61. The number of amides is 1. The molecule has 0 unspecified atom stereocenters. The van der Waals surface area contributed by atoms with Crippen LogP contribution in [0.1, 0.15) is 67.9 Å². The number of unbranched alkanes of at least 4 members (excludes halogenated alkanes) is 1. The number of rotatable bonds is 9. The minimum Gasteiger partial charge on any atom is -0.449 e. The largest absolute Gasteiger partial charge is 0.449 e. The number of alkyl halides is 6. The summed E-state index contributed by atoms with van der Waals surface area (Å²) in [5, 5.41) is 11.6. The van der Waals surface area contributed by atoms with Crippen molar-refractivity contribution in [3.05, 3.63) is 92.8 Å². The highest BCUT2D eigenvalue weighted by Crippen LogP contribution is 2.42. The molecule has 0 bridgehead atoms. The lowest BCUT2D eigenvalue weighted by molar-refractivity contribution is -0.431. The van der Waals surface area contributed by atoms with Gasteiger partial charge >= 0.3 is 18.4 Å². The van der Waals surface area contributed by atoms with Gasteiger partial charge in [0.25, 0.3) is 5.70 Å². The first-order valence-corrected chi connectivity index (χ1v) is 12.5. The number of carbonyl (C=O) groups is 1. The van der Waals surface area contributed by atoms with Crippen molar-refractivity contribution in [2.75, 3.05) is 13.2 Å². The Morgan fingerprint density at radius 2 is 1.68 bits per heavy atom. The molecule has 40 heavy (non-hydrogen) atoms. The summed E-state index contributed by atoms with van der Waals surface area (Å²) in [4.78, 5) is 25.1. The number of nitrogens with zero attached hydrogens (tertiary/aromatic N) is 2. The third-order valence-corrected chi connectivity index (χ3v) is 6.65. The minimum absolute atomic E-state index is 0.0180. The van der Waals surface area contributed by atoms with E-state index in [-0.39, 0.29) is 36.8 Å². The molecule has 7 nitrogen and oxygen atoms in total. The van der Waals surface area contributed by atoms with Crippen molar-refractivity contribution in [2.45, 2.75) is 63.5 Å². The Kier molecular flexibility index (Phi) is 9.49. The van der Waals surface area contributed by atoms with Crippen molar-refractivity contribution >= 4 is 6.09 Å². The van der Waals surface area contributed by atoms with Gasteiger partial charge in [-0.3, -0.25) is 15.0 Å². The molecular formula is C27H28F6N2O5. The first-order valence-electron chi connectivity index (χ1n) is 12.5. The van der Waals surface area contributed by atoms with Gasteiger partial charge in [0, 0.05) is 6.42 Å². The van der Waals surface area contributed by atoms with Crippen LogP contribution in [0.5, 0.6) is 0 Å². The predicted octanol–water partition coefficient (Wildman–Crippen LogP) is 7.85. The second kappa shape index (κ2) is 12.3. The van der Waals surface area contributed by atoms with Crippen LogP contribution < -0.4 is 0 Å². The van der Waals surface area contributed by atoms with Gasteiger partial charge < -0.3 is 9.47 Å². The fourth-order valence-electron chi connectivity index (χ4n) is 4.36. The van der Waals surface area contributed by atoms with Gasteiger partial charge in [0.2, 0.25) is 0 Å². The topological polar surface area (TPSA) is 81.9 Å². The molecule has 218 valence electrons. The fraction of sp³-hybridized carbons (Fsp3) is 0.444. The van der Waals surface area contributed by atoms with Crippen molar-refractivity contribution in [1.82, 2.24) is 4.90 Å². The maximum atomic E-state index is 13.4. The Morgan fingerprint density at radius 1 is 1.07 bits per heavy atom. The van der Waals surface area contributed by atoms with Crippen LogP contribution in [-0.2, 0) is 27.4 Å². The summed E-state index contributed by atoms with van der Waals surface area (Å²) >= 11 is 0. The second-order valence-electron chi connectivity index (χ2n) is 9.41. The van der Waals surface area contributed by atoms with Crippen LogP contribution in [-0.4, -0.2) is 29.1 Å². The van der Waals surface area contributed by atoms with Crippen molar-refractivity contribution in [3.63, 3.8) is 0 Å². The van der Waals surface area contributed by atoms with E-state index in [4.69, 9.17) is 9.47 Å². The van der Waals surface area contributed by atoms with Crippen LogP contribution in [0.2, 0.25) is 0 Å². The van der Waals surface area contributed by atoms with Crippen LogP contribution >= 0.6 is 0 Å². The molecule has 2 aromatic carbocycles. The Morgan fingerprint density at radius 3 is 2.20 bits per heavy atom. The van der Waals surface area contributed by atoms with Crippen LogP contribution in [0.15, 0.2) is 60.4 Å². The van der Waals surface area contributed by atoms with Crippen LogP contribution in [0, 0.1) is 10.1 Å². The summed E-state index contributed by atoms with van der Waals surface area (Å²) in [5.74, 6) is 0. The molecule has 0 N–H and O–H groups in total. The monoisotopic (exact) mass is 574 g/mol.